The molecule has 10 heteroatoms. The van der Waals surface area contributed by atoms with Gasteiger partial charge >= 0.3 is 0 Å². The van der Waals surface area contributed by atoms with Gasteiger partial charge in [0.2, 0.25) is 0 Å². The molecular weight excluding hydrogens is 417 g/mol. The van der Waals surface area contributed by atoms with Crippen molar-refractivity contribution in [3.63, 3.8) is 0 Å². The minimum atomic E-state index is 0. The third-order valence-electron chi connectivity index (χ3n) is 2.66. The Kier molecular flexibility index (Phi) is 31.8. The molecule has 168 valence electrons. The quantitative estimate of drug-likeness (QED) is 0.262. The Bertz CT molecular complexity index is 504. The lowest BCUT2D eigenvalue weighted by Gasteiger charge is -2.01. The van der Waals surface area contributed by atoms with E-state index in [2.05, 4.69) is 15.3 Å². The standard InChI is InChI=1S/C8H12N2O.C5H4ClN.2C3H9NO.ClH/c11-7-3-6-10-8-4-1-2-5-9-8;6-5-3-1-2-4-7-5;2*4-2-1-3-5;/h1-2,4-5,11H,3,6-7H2,(H,9,10);1-4H;2*5H,1-4H2;1H. The Morgan fingerprint density at radius 1 is 0.793 bits per heavy atom. The fraction of sp³-hybridized carbons (Fsp3) is 0.474. The van der Waals surface area contributed by atoms with Crippen molar-refractivity contribution in [3.05, 3.63) is 53.9 Å². The lowest BCUT2D eigenvalue weighted by Crippen LogP contribution is -2.04. The predicted molar refractivity (Wildman–Crippen MR) is 122 cm³/mol. The molecule has 0 unspecified atom stereocenters. The zero-order valence-electron chi connectivity index (χ0n) is 16.7. The maximum Gasteiger partial charge on any atom is 0.129 e. The summed E-state index contributed by atoms with van der Waals surface area (Å²) >= 11 is 5.43. The van der Waals surface area contributed by atoms with E-state index >= 15 is 0 Å². The second-order valence-electron chi connectivity index (χ2n) is 5.10. The molecule has 2 rings (SSSR count). The van der Waals surface area contributed by atoms with Crippen molar-refractivity contribution in [2.24, 2.45) is 11.5 Å². The molecule has 0 aliphatic carbocycles. The average Bonchev–Trinajstić information content (AvgIpc) is 2.72. The molecule has 0 saturated heterocycles. The highest BCUT2D eigenvalue weighted by Gasteiger charge is 1.88. The Morgan fingerprint density at radius 3 is 1.59 bits per heavy atom. The molecule has 2 heterocycles. The van der Waals surface area contributed by atoms with Crippen molar-refractivity contribution in [1.29, 1.82) is 0 Å². The number of anilines is 1. The van der Waals surface area contributed by atoms with E-state index in [1.54, 1.807) is 18.5 Å². The van der Waals surface area contributed by atoms with Crippen LogP contribution in [0.4, 0.5) is 5.82 Å². The Hall–Kier alpha value is -1.52. The fourth-order valence-electron chi connectivity index (χ4n) is 1.29. The summed E-state index contributed by atoms with van der Waals surface area (Å²) < 4.78 is 0. The number of rotatable bonds is 8. The Balaban J connectivity index is -0.000000328. The molecule has 0 aromatic carbocycles. The molecule has 8 nitrogen and oxygen atoms in total. The SMILES string of the molecule is Cl.Clc1ccccn1.NCCCO.NCCCO.OCCCNc1ccccn1. The highest BCUT2D eigenvalue weighted by Crippen LogP contribution is 1.99. The third kappa shape index (κ3) is 28.8. The number of aliphatic hydroxyl groups excluding tert-OH is 3. The second kappa shape index (κ2) is 28.7. The van der Waals surface area contributed by atoms with Crippen LogP contribution in [0.5, 0.6) is 0 Å². The van der Waals surface area contributed by atoms with Crippen molar-refractivity contribution in [3.8, 4) is 0 Å². The predicted octanol–water partition coefficient (Wildman–Crippen LogP) is 1.69. The summed E-state index contributed by atoms with van der Waals surface area (Å²) in [5.74, 6) is 0.862. The molecule has 0 aliphatic rings. The van der Waals surface area contributed by atoms with Gasteiger partial charge in [0.05, 0.1) is 0 Å². The van der Waals surface area contributed by atoms with Crippen molar-refractivity contribution in [1.82, 2.24) is 9.97 Å². The van der Waals surface area contributed by atoms with Gasteiger partial charge in [0.15, 0.2) is 0 Å². The molecule has 0 spiro atoms. The number of aliphatic hydroxyl groups is 3. The molecule has 0 saturated carbocycles. The summed E-state index contributed by atoms with van der Waals surface area (Å²) in [5.41, 5.74) is 9.96. The molecule has 0 atom stereocenters. The van der Waals surface area contributed by atoms with Gasteiger partial charge in [-0.05, 0) is 56.6 Å². The van der Waals surface area contributed by atoms with Gasteiger partial charge in [-0.25, -0.2) is 9.97 Å². The Morgan fingerprint density at radius 2 is 1.31 bits per heavy atom. The number of nitrogens with one attached hydrogen (secondary N) is 1. The second-order valence-corrected chi connectivity index (χ2v) is 5.49. The minimum Gasteiger partial charge on any atom is -0.396 e. The van der Waals surface area contributed by atoms with Crippen LogP contribution in [-0.4, -0.2) is 64.7 Å². The summed E-state index contributed by atoms with van der Waals surface area (Å²) in [5, 5.41) is 28.1. The van der Waals surface area contributed by atoms with Crippen LogP contribution in [-0.2, 0) is 0 Å². The van der Waals surface area contributed by atoms with Gasteiger partial charge in [-0.3, -0.25) is 0 Å². The average molecular weight is 452 g/mol. The van der Waals surface area contributed by atoms with Crippen LogP contribution >= 0.6 is 24.0 Å². The lowest BCUT2D eigenvalue weighted by molar-refractivity contribution is 0.290. The van der Waals surface area contributed by atoms with Gasteiger partial charge in [0.25, 0.3) is 0 Å². The molecule has 29 heavy (non-hydrogen) atoms. The normalized spacial score (nSPS) is 8.62. The van der Waals surface area contributed by atoms with E-state index < -0.39 is 0 Å². The topological polar surface area (TPSA) is 151 Å². The molecule has 0 fully saturated rings. The van der Waals surface area contributed by atoms with Crippen LogP contribution in [0.3, 0.4) is 0 Å². The maximum absolute atomic E-state index is 8.48. The highest BCUT2D eigenvalue weighted by molar-refractivity contribution is 6.29. The summed E-state index contributed by atoms with van der Waals surface area (Å²) in [6.07, 6.45) is 5.60. The smallest absolute Gasteiger partial charge is 0.129 e. The first-order valence-electron chi connectivity index (χ1n) is 9.10. The zero-order valence-corrected chi connectivity index (χ0v) is 18.2. The van der Waals surface area contributed by atoms with Crippen LogP contribution in [0.2, 0.25) is 5.15 Å². The molecule has 0 amide bonds. The number of halogens is 2. The van der Waals surface area contributed by atoms with Crippen LogP contribution < -0.4 is 16.8 Å². The first-order chi connectivity index (χ1) is 13.7. The van der Waals surface area contributed by atoms with Gasteiger partial charge in [-0.15, -0.1) is 12.4 Å². The minimum absolute atomic E-state index is 0. The Labute approximate surface area is 184 Å². The van der Waals surface area contributed by atoms with Gasteiger partial charge in [0.1, 0.15) is 11.0 Å². The van der Waals surface area contributed by atoms with Gasteiger partial charge < -0.3 is 32.1 Å². The molecular formula is C19H35Cl2N5O3. The summed E-state index contributed by atoms with van der Waals surface area (Å²) in [6, 6.07) is 11.1. The zero-order chi connectivity index (χ0) is 21.3. The lowest BCUT2D eigenvalue weighted by atomic mass is 10.4. The third-order valence-corrected chi connectivity index (χ3v) is 2.88. The van der Waals surface area contributed by atoms with E-state index in [9.17, 15) is 0 Å². The van der Waals surface area contributed by atoms with E-state index in [1.807, 2.05) is 30.3 Å². The molecule has 2 aromatic rings. The summed E-state index contributed by atoms with van der Waals surface area (Å²) in [7, 11) is 0. The first kappa shape index (κ1) is 32.2. The van der Waals surface area contributed by atoms with Crippen molar-refractivity contribution < 1.29 is 15.3 Å². The van der Waals surface area contributed by atoms with E-state index in [0.29, 0.717) is 18.2 Å². The maximum atomic E-state index is 8.48. The number of pyridine rings is 2. The first-order valence-corrected chi connectivity index (χ1v) is 9.48. The van der Waals surface area contributed by atoms with Crippen LogP contribution in [0.25, 0.3) is 0 Å². The van der Waals surface area contributed by atoms with Crippen LogP contribution in [0.15, 0.2) is 48.8 Å². The fourth-order valence-corrected chi connectivity index (χ4v) is 1.42. The van der Waals surface area contributed by atoms with Crippen molar-refractivity contribution in [2.75, 3.05) is 44.8 Å². The van der Waals surface area contributed by atoms with Crippen molar-refractivity contribution >= 4 is 29.8 Å². The number of aromatic nitrogens is 2. The van der Waals surface area contributed by atoms with E-state index in [0.717, 1.165) is 31.6 Å². The molecule has 2 aromatic heterocycles. The van der Waals surface area contributed by atoms with Crippen LogP contribution in [0.1, 0.15) is 19.3 Å². The molecule has 0 bridgehead atoms. The van der Waals surface area contributed by atoms with Gasteiger partial charge in [-0.1, -0.05) is 23.7 Å². The van der Waals surface area contributed by atoms with E-state index in [4.69, 9.17) is 38.4 Å². The van der Waals surface area contributed by atoms with Crippen LogP contribution in [0, 0.1) is 0 Å². The van der Waals surface area contributed by atoms with Gasteiger partial charge in [-0.2, -0.15) is 0 Å². The van der Waals surface area contributed by atoms with Gasteiger partial charge in [0, 0.05) is 38.8 Å². The summed E-state index contributed by atoms with van der Waals surface area (Å²) in [6.45, 7) is 2.62. The number of nitrogens with two attached hydrogens (primary N) is 2. The van der Waals surface area contributed by atoms with Crippen molar-refractivity contribution in [2.45, 2.75) is 19.3 Å². The van der Waals surface area contributed by atoms with E-state index in [-0.39, 0.29) is 32.2 Å². The monoisotopic (exact) mass is 451 g/mol. The van der Waals surface area contributed by atoms with E-state index in [1.165, 1.54) is 0 Å². The molecule has 0 radical (unpaired) electrons. The number of hydrogen-bond donors (Lipinski definition) is 6. The number of hydrogen-bond acceptors (Lipinski definition) is 8. The number of nitrogens with zero attached hydrogens (tertiary/aromatic N) is 2. The highest BCUT2D eigenvalue weighted by atomic mass is 35.5. The summed E-state index contributed by atoms with van der Waals surface area (Å²) in [4.78, 5) is 7.80. The molecule has 8 N–H and O–H groups in total. The molecule has 0 aliphatic heterocycles. The largest absolute Gasteiger partial charge is 0.396 e.